The minimum Gasteiger partial charge on any atom is -0.317 e. The van der Waals surface area contributed by atoms with E-state index in [0.29, 0.717) is 5.41 Å². The Kier molecular flexibility index (Phi) is 5.45. The van der Waals surface area contributed by atoms with Gasteiger partial charge in [0, 0.05) is 0 Å². The van der Waals surface area contributed by atoms with Crippen LogP contribution in [0.3, 0.4) is 0 Å². The summed E-state index contributed by atoms with van der Waals surface area (Å²) >= 11 is 0. The highest BCUT2D eigenvalue weighted by molar-refractivity contribution is 5.21. The molecule has 1 aliphatic carbocycles. The predicted molar refractivity (Wildman–Crippen MR) is 83.6 cm³/mol. The number of aryl methyl sites for hydroxylation is 2. The summed E-state index contributed by atoms with van der Waals surface area (Å²) in [4.78, 5) is 0. The molecule has 106 valence electrons. The molecule has 0 aromatic heterocycles. The van der Waals surface area contributed by atoms with Gasteiger partial charge in [-0.3, -0.25) is 0 Å². The van der Waals surface area contributed by atoms with Crippen LogP contribution in [0.4, 0.5) is 0 Å². The topological polar surface area (TPSA) is 12.0 Å². The first-order chi connectivity index (χ1) is 9.24. The van der Waals surface area contributed by atoms with Crippen molar-refractivity contribution in [2.45, 2.75) is 58.8 Å². The predicted octanol–water partition coefficient (Wildman–Crippen LogP) is 4.49. The fourth-order valence-electron chi connectivity index (χ4n) is 3.44. The molecule has 1 aromatic rings. The van der Waals surface area contributed by atoms with E-state index in [-0.39, 0.29) is 0 Å². The molecule has 1 saturated carbocycles. The van der Waals surface area contributed by atoms with E-state index in [1.165, 1.54) is 62.6 Å². The average molecular weight is 259 g/mol. The molecule has 19 heavy (non-hydrogen) atoms. The SMILES string of the molecule is CCNCCC1(CCc2ccc(C)cc2)CCCC1. The zero-order valence-electron chi connectivity index (χ0n) is 12.7. The lowest BCUT2D eigenvalue weighted by molar-refractivity contribution is 0.246. The highest BCUT2D eigenvalue weighted by atomic mass is 14.8. The van der Waals surface area contributed by atoms with Crippen molar-refractivity contribution in [2.75, 3.05) is 13.1 Å². The summed E-state index contributed by atoms with van der Waals surface area (Å²) in [6, 6.07) is 9.11. The van der Waals surface area contributed by atoms with Gasteiger partial charge in [0.05, 0.1) is 0 Å². The molecule has 0 unspecified atom stereocenters. The van der Waals surface area contributed by atoms with E-state index in [1.54, 1.807) is 0 Å². The second-order valence-corrected chi connectivity index (χ2v) is 6.30. The molecule has 1 heteroatoms. The number of benzene rings is 1. The molecular weight excluding hydrogens is 230 g/mol. The summed E-state index contributed by atoms with van der Waals surface area (Å²) < 4.78 is 0. The first kappa shape index (κ1) is 14.6. The second-order valence-electron chi connectivity index (χ2n) is 6.30. The summed E-state index contributed by atoms with van der Waals surface area (Å²) in [5, 5.41) is 3.51. The molecule has 0 radical (unpaired) electrons. The molecule has 0 saturated heterocycles. The van der Waals surface area contributed by atoms with Crippen LogP contribution >= 0.6 is 0 Å². The molecule has 0 bridgehead atoms. The third-order valence-electron chi connectivity index (χ3n) is 4.81. The highest BCUT2D eigenvalue weighted by Gasteiger charge is 2.32. The van der Waals surface area contributed by atoms with Gasteiger partial charge < -0.3 is 5.32 Å². The Hall–Kier alpha value is -0.820. The first-order valence-corrected chi connectivity index (χ1v) is 8.00. The van der Waals surface area contributed by atoms with E-state index < -0.39 is 0 Å². The lowest BCUT2D eigenvalue weighted by Crippen LogP contribution is -2.25. The van der Waals surface area contributed by atoms with Crippen LogP contribution in [0.15, 0.2) is 24.3 Å². The van der Waals surface area contributed by atoms with Crippen LogP contribution in [0.1, 0.15) is 56.6 Å². The molecule has 1 aromatic carbocycles. The molecule has 1 aliphatic rings. The van der Waals surface area contributed by atoms with Crippen molar-refractivity contribution in [3.63, 3.8) is 0 Å². The third kappa shape index (κ3) is 4.35. The normalized spacial score (nSPS) is 17.8. The van der Waals surface area contributed by atoms with Crippen molar-refractivity contribution in [2.24, 2.45) is 5.41 Å². The molecule has 1 N–H and O–H groups in total. The first-order valence-electron chi connectivity index (χ1n) is 8.00. The molecule has 1 fully saturated rings. The minimum absolute atomic E-state index is 0.632. The third-order valence-corrected chi connectivity index (χ3v) is 4.81. The van der Waals surface area contributed by atoms with Gasteiger partial charge in [0.25, 0.3) is 0 Å². The zero-order chi connectivity index (χ0) is 13.6. The van der Waals surface area contributed by atoms with Gasteiger partial charge in [0.15, 0.2) is 0 Å². The Morgan fingerprint density at radius 1 is 1.05 bits per heavy atom. The quantitative estimate of drug-likeness (QED) is 0.712. The smallest absolute Gasteiger partial charge is 0.00437 e. The average Bonchev–Trinajstić information content (AvgIpc) is 2.88. The fraction of sp³-hybridized carbons (Fsp3) is 0.667. The van der Waals surface area contributed by atoms with Crippen molar-refractivity contribution >= 4 is 0 Å². The lowest BCUT2D eigenvalue weighted by atomic mass is 9.77. The summed E-state index contributed by atoms with van der Waals surface area (Å²) in [6.45, 7) is 6.67. The Balaban J connectivity index is 1.87. The van der Waals surface area contributed by atoms with Crippen LogP contribution in [0, 0.1) is 12.3 Å². The van der Waals surface area contributed by atoms with E-state index in [0.717, 1.165) is 6.54 Å². The van der Waals surface area contributed by atoms with Crippen LogP contribution in [-0.4, -0.2) is 13.1 Å². The van der Waals surface area contributed by atoms with E-state index in [4.69, 9.17) is 0 Å². The van der Waals surface area contributed by atoms with Crippen molar-refractivity contribution in [3.05, 3.63) is 35.4 Å². The van der Waals surface area contributed by atoms with Crippen molar-refractivity contribution in [3.8, 4) is 0 Å². The van der Waals surface area contributed by atoms with E-state index in [1.807, 2.05) is 0 Å². The van der Waals surface area contributed by atoms with Crippen LogP contribution in [0.5, 0.6) is 0 Å². The Bertz CT molecular complexity index is 360. The van der Waals surface area contributed by atoms with Crippen LogP contribution in [0.25, 0.3) is 0 Å². The largest absolute Gasteiger partial charge is 0.317 e. The fourth-order valence-corrected chi connectivity index (χ4v) is 3.44. The molecule has 0 atom stereocenters. The Labute approximate surface area is 118 Å². The molecule has 0 heterocycles. The lowest BCUT2D eigenvalue weighted by Gasteiger charge is -2.29. The monoisotopic (exact) mass is 259 g/mol. The Morgan fingerprint density at radius 2 is 1.74 bits per heavy atom. The standard InChI is InChI=1S/C18H29N/c1-3-19-15-14-18(11-4-5-12-18)13-10-17-8-6-16(2)7-9-17/h6-9,19H,3-5,10-15H2,1-2H3. The molecule has 1 nitrogen and oxygen atoms in total. The second kappa shape index (κ2) is 7.09. The maximum Gasteiger partial charge on any atom is -0.00437 e. The highest BCUT2D eigenvalue weighted by Crippen LogP contribution is 2.44. The van der Waals surface area contributed by atoms with E-state index >= 15 is 0 Å². The van der Waals surface area contributed by atoms with Crippen LogP contribution in [-0.2, 0) is 6.42 Å². The van der Waals surface area contributed by atoms with Gasteiger partial charge in [-0.25, -0.2) is 0 Å². The Morgan fingerprint density at radius 3 is 2.37 bits per heavy atom. The summed E-state index contributed by atoms with van der Waals surface area (Å²) in [5.41, 5.74) is 3.51. The van der Waals surface area contributed by atoms with Crippen molar-refractivity contribution < 1.29 is 0 Å². The number of hydrogen-bond donors (Lipinski definition) is 1. The number of nitrogens with one attached hydrogen (secondary N) is 1. The van der Waals surface area contributed by atoms with Crippen molar-refractivity contribution in [1.82, 2.24) is 5.32 Å². The van der Waals surface area contributed by atoms with Gasteiger partial charge in [-0.1, -0.05) is 49.6 Å². The van der Waals surface area contributed by atoms with Crippen LogP contribution in [0.2, 0.25) is 0 Å². The van der Waals surface area contributed by atoms with Crippen LogP contribution < -0.4 is 5.32 Å². The van der Waals surface area contributed by atoms with Gasteiger partial charge in [0.1, 0.15) is 0 Å². The molecule has 0 amide bonds. The van der Waals surface area contributed by atoms with Gasteiger partial charge in [-0.2, -0.15) is 0 Å². The maximum atomic E-state index is 3.51. The summed E-state index contributed by atoms with van der Waals surface area (Å²) in [5.74, 6) is 0. The maximum absolute atomic E-state index is 3.51. The molecule has 0 spiro atoms. The van der Waals surface area contributed by atoms with Gasteiger partial charge in [-0.15, -0.1) is 0 Å². The number of hydrogen-bond acceptors (Lipinski definition) is 1. The van der Waals surface area contributed by atoms with Gasteiger partial charge >= 0.3 is 0 Å². The van der Waals surface area contributed by atoms with E-state index in [2.05, 4.69) is 43.4 Å². The molecular formula is C18H29N. The van der Waals surface area contributed by atoms with Gasteiger partial charge in [-0.05, 0) is 63.1 Å². The summed E-state index contributed by atoms with van der Waals surface area (Å²) in [7, 11) is 0. The summed E-state index contributed by atoms with van der Waals surface area (Å²) in [6.07, 6.45) is 9.79. The molecule has 2 rings (SSSR count). The van der Waals surface area contributed by atoms with Gasteiger partial charge in [0.2, 0.25) is 0 Å². The van der Waals surface area contributed by atoms with E-state index in [9.17, 15) is 0 Å². The number of rotatable bonds is 7. The molecule has 0 aliphatic heterocycles. The minimum atomic E-state index is 0.632. The van der Waals surface area contributed by atoms with Crippen molar-refractivity contribution in [1.29, 1.82) is 0 Å². The zero-order valence-corrected chi connectivity index (χ0v) is 12.7.